The summed E-state index contributed by atoms with van der Waals surface area (Å²) in [6, 6.07) is 0.805. The van der Waals surface area contributed by atoms with E-state index in [2.05, 4.69) is 35.9 Å². The predicted molar refractivity (Wildman–Crippen MR) is 80.8 cm³/mol. The largest absolute Gasteiger partial charge is 0.314 e. The van der Waals surface area contributed by atoms with E-state index in [4.69, 9.17) is 11.6 Å². The number of hydrogen-bond acceptors (Lipinski definition) is 2. The van der Waals surface area contributed by atoms with Gasteiger partial charge in [0.25, 0.3) is 0 Å². The van der Waals surface area contributed by atoms with Gasteiger partial charge < -0.3 is 5.32 Å². The van der Waals surface area contributed by atoms with Crippen molar-refractivity contribution >= 4 is 11.6 Å². The molecule has 1 fully saturated rings. The monoisotopic (exact) mass is 283 g/mol. The maximum absolute atomic E-state index is 6.43. The molecule has 0 spiro atoms. The topological polar surface area (TPSA) is 29.9 Å². The quantitative estimate of drug-likeness (QED) is 0.792. The third kappa shape index (κ3) is 3.96. The van der Waals surface area contributed by atoms with E-state index in [1.807, 2.05) is 0 Å². The summed E-state index contributed by atoms with van der Waals surface area (Å²) in [5.41, 5.74) is 2.27. The van der Waals surface area contributed by atoms with Crippen LogP contribution in [0.4, 0.5) is 0 Å². The van der Waals surface area contributed by atoms with Crippen molar-refractivity contribution in [2.45, 2.75) is 65.5 Å². The number of aromatic nitrogens is 2. The number of halogens is 1. The molecule has 1 aromatic heterocycles. The lowest BCUT2D eigenvalue weighted by Gasteiger charge is -2.13. The summed E-state index contributed by atoms with van der Waals surface area (Å²) in [6.07, 6.45) is 5.85. The van der Waals surface area contributed by atoms with Crippen LogP contribution in [0.3, 0.4) is 0 Å². The standard InChI is InChI=1S/C15H26ClN3/c1-4-13-15(16)14(19(5-2)18-13)9-6-11(3)10-17-12-7-8-12/h11-12,17H,4-10H2,1-3H3. The van der Waals surface area contributed by atoms with Crippen LogP contribution in [0.1, 0.15) is 51.4 Å². The Kier molecular flexibility index (Phi) is 5.28. The van der Waals surface area contributed by atoms with E-state index in [0.29, 0.717) is 5.92 Å². The fourth-order valence-corrected chi connectivity index (χ4v) is 2.76. The second kappa shape index (κ2) is 6.76. The lowest BCUT2D eigenvalue weighted by atomic mass is 10.0. The maximum atomic E-state index is 6.43. The van der Waals surface area contributed by atoms with Crippen molar-refractivity contribution in [1.82, 2.24) is 15.1 Å². The molecular formula is C15H26ClN3. The first kappa shape index (κ1) is 14.9. The van der Waals surface area contributed by atoms with Crippen molar-refractivity contribution in [3.63, 3.8) is 0 Å². The molecule has 1 aliphatic rings. The molecule has 0 saturated heterocycles. The lowest BCUT2D eigenvalue weighted by Crippen LogP contribution is -2.23. The van der Waals surface area contributed by atoms with Crippen molar-refractivity contribution in [3.8, 4) is 0 Å². The van der Waals surface area contributed by atoms with E-state index in [9.17, 15) is 0 Å². The smallest absolute Gasteiger partial charge is 0.0849 e. The molecular weight excluding hydrogens is 258 g/mol. The van der Waals surface area contributed by atoms with Crippen LogP contribution >= 0.6 is 11.6 Å². The number of aryl methyl sites for hydroxylation is 2. The second-order valence-corrected chi connectivity index (χ2v) is 6.08. The van der Waals surface area contributed by atoms with Gasteiger partial charge in [0.2, 0.25) is 0 Å². The van der Waals surface area contributed by atoms with E-state index in [-0.39, 0.29) is 0 Å². The first-order chi connectivity index (χ1) is 9.15. The summed E-state index contributed by atoms with van der Waals surface area (Å²) >= 11 is 6.43. The van der Waals surface area contributed by atoms with E-state index >= 15 is 0 Å². The average molecular weight is 284 g/mol. The van der Waals surface area contributed by atoms with Crippen molar-refractivity contribution in [2.24, 2.45) is 5.92 Å². The molecule has 1 saturated carbocycles. The van der Waals surface area contributed by atoms with Gasteiger partial charge in [-0.1, -0.05) is 25.4 Å². The van der Waals surface area contributed by atoms with Gasteiger partial charge in [0.05, 0.1) is 16.4 Å². The highest BCUT2D eigenvalue weighted by Crippen LogP contribution is 2.24. The van der Waals surface area contributed by atoms with E-state index in [1.54, 1.807) is 0 Å². The Hall–Kier alpha value is -0.540. The van der Waals surface area contributed by atoms with Crippen LogP contribution in [-0.4, -0.2) is 22.4 Å². The molecule has 0 aliphatic heterocycles. The van der Waals surface area contributed by atoms with Crippen molar-refractivity contribution in [2.75, 3.05) is 6.54 Å². The molecule has 1 aromatic rings. The lowest BCUT2D eigenvalue weighted by molar-refractivity contribution is 0.469. The zero-order chi connectivity index (χ0) is 13.8. The molecule has 3 nitrogen and oxygen atoms in total. The number of hydrogen-bond donors (Lipinski definition) is 1. The fraction of sp³-hybridized carbons (Fsp3) is 0.800. The molecule has 0 bridgehead atoms. The summed E-state index contributed by atoms with van der Waals surface area (Å²) in [5, 5.41) is 9.07. The summed E-state index contributed by atoms with van der Waals surface area (Å²) < 4.78 is 2.07. The molecule has 2 rings (SSSR count). The number of rotatable bonds is 8. The zero-order valence-electron chi connectivity index (χ0n) is 12.4. The summed E-state index contributed by atoms with van der Waals surface area (Å²) in [4.78, 5) is 0. The SMILES string of the molecule is CCc1nn(CC)c(CCC(C)CNC2CC2)c1Cl. The second-order valence-electron chi connectivity index (χ2n) is 5.70. The van der Waals surface area contributed by atoms with Crippen LogP contribution in [0.5, 0.6) is 0 Å². The minimum Gasteiger partial charge on any atom is -0.314 e. The predicted octanol–water partition coefficient (Wildman–Crippen LogP) is 3.44. The Balaban J connectivity index is 1.88. The van der Waals surface area contributed by atoms with Crippen molar-refractivity contribution in [3.05, 3.63) is 16.4 Å². The molecule has 19 heavy (non-hydrogen) atoms. The van der Waals surface area contributed by atoms with Crippen LogP contribution in [0, 0.1) is 5.92 Å². The normalized spacial score (nSPS) is 16.8. The van der Waals surface area contributed by atoms with Gasteiger partial charge in [-0.05, 0) is 51.5 Å². The highest BCUT2D eigenvalue weighted by molar-refractivity contribution is 6.31. The molecule has 0 radical (unpaired) electrons. The first-order valence-electron chi connectivity index (χ1n) is 7.63. The van der Waals surface area contributed by atoms with Crippen molar-refractivity contribution in [1.29, 1.82) is 0 Å². The van der Waals surface area contributed by atoms with Gasteiger partial charge in [0.1, 0.15) is 0 Å². The molecule has 1 aliphatic carbocycles. The molecule has 0 aromatic carbocycles. The Labute approximate surface area is 121 Å². The van der Waals surface area contributed by atoms with Gasteiger partial charge in [-0.2, -0.15) is 5.10 Å². The average Bonchev–Trinajstić information content (AvgIpc) is 3.18. The zero-order valence-corrected chi connectivity index (χ0v) is 13.1. The third-order valence-corrected chi connectivity index (χ3v) is 4.34. The van der Waals surface area contributed by atoms with Gasteiger partial charge in [-0.25, -0.2) is 0 Å². The molecule has 4 heteroatoms. The first-order valence-corrected chi connectivity index (χ1v) is 8.00. The van der Waals surface area contributed by atoms with Gasteiger partial charge in [-0.15, -0.1) is 0 Å². The van der Waals surface area contributed by atoms with Gasteiger partial charge in [-0.3, -0.25) is 4.68 Å². The Morgan fingerprint density at radius 3 is 2.74 bits per heavy atom. The molecule has 108 valence electrons. The summed E-state index contributed by atoms with van der Waals surface area (Å²) in [6.45, 7) is 8.59. The minimum atomic E-state index is 0.696. The number of nitrogens with zero attached hydrogens (tertiary/aromatic N) is 2. The highest BCUT2D eigenvalue weighted by Gasteiger charge is 2.21. The van der Waals surface area contributed by atoms with E-state index < -0.39 is 0 Å². The minimum absolute atomic E-state index is 0.696. The van der Waals surface area contributed by atoms with Crippen molar-refractivity contribution < 1.29 is 0 Å². The number of nitrogens with one attached hydrogen (secondary N) is 1. The summed E-state index contributed by atoms with van der Waals surface area (Å²) in [5.74, 6) is 0.696. The van der Waals surface area contributed by atoms with Crippen LogP contribution in [-0.2, 0) is 19.4 Å². The van der Waals surface area contributed by atoms with E-state index in [1.165, 1.54) is 25.0 Å². The fourth-order valence-electron chi connectivity index (χ4n) is 2.40. The maximum Gasteiger partial charge on any atom is 0.0849 e. The van der Waals surface area contributed by atoms with Crippen LogP contribution in [0.25, 0.3) is 0 Å². The molecule has 1 N–H and O–H groups in total. The molecule has 1 atom stereocenters. The van der Waals surface area contributed by atoms with Crippen LogP contribution in [0.2, 0.25) is 5.02 Å². The summed E-state index contributed by atoms with van der Waals surface area (Å²) in [7, 11) is 0. The van der Waals surface area contributed by atoms with Gasteiger partial charge >= 0.3 is 0 Å². The van der Waals surface area contributed by atoms with E-state index in [0.717, 1.165) is 42.7 Å². The highest BCUT2D eigenvalue weighted by atomic mass is 35.5. The third-order valence-electron chi connectivity index (χ3n) is 3.90. The van der Waals surface area contributed by atoms with Crippen LogP contribution < -0.4 is 5.32 Å². The Bertz CT molecular complexity index is 410. The Morgan fingerprint density at radius 1 is 1.42 bits per heavy atom. The van der Waals surface area contributed by atoms with Gasteiger partial charge in [0, 0.05) is 12.6 Å². The Morgan fingerprint density at radius 2 is 2.16 bits per heavy atom. The molecule has 1 heterocycles. The van der Waals surface area contributed by atoms with Gasteiger partial charge in [0.15, 0.2) is 0 Å². The van der Waals surface area contributed by atoms with Crippen LogP contribution in [0.15, 0.2) is 0 Å². The molecule has 0 amide bonds. The molecule has 1 unspecified atom stereocenters.